The van der Waals surface area contributed by atoms with Gasteiger partial charge < -0.3 is 0 Å². The van der Waals surface area contributed by atoms with Crippen molar-refractivity contribution in [1.29, 1.82) is 0 Å². The zero-order valence-electron chi connectivity index (χ0n) is 10.2. The summed E-state index contributed by atoms with van der Waals surface area (Å²) in [6, 6.07) is 11.8. The first-order valence-electron chi connectivity index (χ1n) is 5.46. The monoisotopic (exact) mass is 550 g/mol. The van der Waals surface area contributed by atoms with E-state index >= 15 is 0 Å². The van der Waals surface area contributed by atoms with E-state index in [1.54, 1.807) is 0 Å². The van der Waals surface area contributed by atoms with Gasteiger partial charge in [-0.3, -0.25) is 0 Å². The Morgan fingerprint density at radius 2 is 1.57 bits per heavy atom. The number of benzene rings is 2. The molecule has 111 valence electrons. The van der Waals surface area contributed by atoms with Crippen LogP contribution in [0, 0.1) is 0 Å². The second-order valence-electron chi connectivity index (χ2n) is 3.87. The molecule has 0 saturated heterocycles. The van der Waals surface area contributed by atoms with E-state index in [0.717, 1.165) is 6.93 Å². The molecule has 21 heavy (non-hydrogen) atoms. The van der Waals surface area contributed by atoms with Gasteiger partial charge in [0.25, 0.3) is 0 Å². The molecular formula is C12H8Br2NO4STe. The topological polar surface area (TPSA) is 77.5 Å². The summed E-state index contributed by atoms with van der Waals surface area (Å²) in [4.78, 5) is -0.279. The molecule has 0 aliphatic carbocycles. The summed E-state index contributed by atoms with van der Waals surface area (Å²) < 4.78 is 33.8. The van der Waals surface area contributed by atoms with E-state index in [1.807, 2.05) is 30.3 Å². The van der Waals surface area contributed by atoms with Crippen molar-refractivity contribution in [3.05, 3.63) is 51.4 Å². The first kappa shape index (κ1) is 17.2. The van der Waals surface area contributed by atoms with Crippen LogP contribution in [0.1, 0.15) is 0 Å². The molecule has 2 aromatic rings. The fourth-order valence-corrected chi connectivity index (χ4v) is 6.73. The molecule has 1 N–H and O–H groups in total. The third-order valence-corrected chi connectivity index (χ3v) is 6.82. The van der Waals surface area contributed by atoms with Crippen LogP contribution < -0.4 is 6.93 Å². The summed E-state index contributed by atoms with van der Waals surface area (Å²) in [6.07, 6.45) is 0. The molecule has 0 amide bonds. The van der Waals surface area contributed by atoms with E-state index in [2.05, 4.69) is 31.9 Å². The number of nitrogens with zero attached hydrogens (tertiary/aromatic N) is 1. The molecular weight excluding hydrogens is 542 g/mol. The molecule has 0 spiro atoms. The number of anilines is 1. The molecule has 0 bridgehead atoms. The van der Waals surface area contributed by atoms with Crippen molar-refractivity contribution in [3.8, 4) is 0 Å². The van der Waals surface area contributed by atoms with Gasteiger partial charge in [0.05, 0.1) is 0 Å². The maximum absolute atomic E-state index is 12.3. The second-order valence-corrected chi connectivity index (χ2v) is 9.82. The van der Waals surface area contributed by atoms with Crippen LogP contribution in [0.15, 0.2) is 56.3 Å². The fourth-order valence-electron chi connectivity index (χ4n) is 1.49. The van der Waals surface area contributed by atoms with Crippen LogP contribution in [0.25, 0.3) is 0 Å². The van der Waals surface area contributed by atoms with Crippen LogP contribution in [-0.2, 0) is 15.3 Å². The Labute approximate surface area is 149 Å². The van der Waals surface area contributed by atoms with E-state index < -0.39 is 31.3 Å². The first-order chi connectivity index (χ1) is 9.79. The average Bonchev–Trinajstić information content (AvgIpc) is 2.37. The van der Waals surface area contributed by atoms with Crippen molar-refractivity contribution in [1.82, 2.24) is 0 Å². The van der Waals surface area contributed by atoms with Crippen molar-refractivity contribution in [3.63, 3.8) is 0 Å². The van der Waals surface area contributed by atoms with Crippen molar-refractivity contribution in [2.45, 2.75) is 4.90 Å². The van der Waals surface area contributed by atoms with Crippen molar-refractivity contribution < 1.29 is 18.2 Å². The minimum absolute atomic E-state index is 0.279. The van der Waals surface area contributed by atoms with Gasteiger partial charge >= 0.3 is 150 Å². The van der Waals surface area contributed by atoms with Gasteiger partial charge in [-0.25, -0.2) is 0 Å². The molecule has 0 atom stereocenters. The summed E-state index contributed by atoms with van der Waals surface area (Å²) in [7, 11) is -4.32. The summed E-state index contributed by atoms with van der Waals surface area (Å²) in [6.45, 7) is 0. The van der Waals surface area contributed by atoms with Gasteiger partial charge in [0, 0.05) is 0 Å². The molecule has 0 heterocycles. The van der Waals surface area contributed by atoms with Crippen LogP contribution in [-0.4, -0.2) is 34.2 Å². The molecule has 0 saturated carbocycles. The molecule has 5 nitrogen and oxygen atoms in total. The van der Waals surface area contributed by atoms with Gasteiger partial charge in [0.2, 0.25) is 0 Å². The van der Waals surface area contributed by atoms with Crippen molar-refractivity contribution >= 4 is 72.5 Å². The molecule has 0 aliphatic heterocycles. The van der Waals surface area contributed by atoms with Gasteiger partial charge in [-0.05, 0) is 0 Å². The Morgan fingerprint density at radius 1 is 1.05 bits per heavy atom. The SMILES string of the molecule is [O]N([Te]c1ccccc1)c1c(Br)cc(S(=O)(=O)O)cc1Br. The predicted octanol–water partition coefficient (Wildman–Crippen LogP) is 2.55. The quantitative estimate of drug-likeness (QED) is 0.361. The van der Waals surface area contributed by atoms with Crippen LogP contribution in [0.3, 0.4) is 0 Å². The Kier molecular flexibility index (Phi) is 5.71. The van der Waals surface area contributed by atoms with Crippen LogP contribution in [0.4, 0.5) is 5.69 Å². The van der Waals surface area contributed by atoms with Crippen LogP contribution in [0.2, 0.25) is 0 Å². The third kappa shape index (κ3) is 4.42. The molecule has 9 heteroatoms. The Balaban J connectivity index is 2.36. The Morgan fingerprint density at radius 3 is 2.05 bits per heavy atom. The molecule has 2 aromatic carbocycles. The molecule has 2 rings (SSSR count). The summed E-state index contributed by atoms with van der Waals surface area (Å²) in [5.41, 5.74) is 0.314. The Bertz CT molecular complexity index is 732. The zero-order valence-corrected chi connectivity index (χ0v) is 16.6. The average molecular weight is 550 g/mol. The van der Waals surface area contributed by atoms with E-state index in [1.165, 1.54) is 12.1 Å². The van der Waals surface area contributed by atoms with Gasteiger partial charge in [-0.1, -0.05) is 0 Å². The summed E-state index contributed by atoms with van der Waals surface area (Å²) in [5, 5.41) is 12.3. The number of rotatable bonds is 4. The van der Waals surface area contributed by atoms with Crippen molar-refractivity contribution in [2.24, 2.45) is 0 Å². The van der Waals surface area contributed by atoms with E-state index in [0.29, 0.717) is 14.6 Å². The molecule has 1 radical (unpaired) electrons. The Hall–Kier alpha value is -0.140. The molecule has 0 aliphatic rings. The predicted molar refractivity (Wildman–Crippen MR) is 86.7 cm³/mol. The molecule has 0 fully saturated rings. The number of hydrogen-bond donors (Lipinski definition) is 1. The van der Waals surface area contributed by atoms with Crippen LogP contribution >= 0.6 is 31.9 Å². The summed E-state index contributed by atoms with van der Waals surface area (Å²) >= 11 is 5.18. The second kappa shape index (κ2) is 6.96. The van der Waals surface area contributed by atoms with Crippen molar-refractivity contribution in [2.75, 3.05) is 3.31 Å². The van der Waals surface area contributed by atoms with E-state index in [4.69, 9.17) is 4.55 Å². The van der Waals surface area contributed by atoms with Gasteiger partial charge in [0.1, 0.15) is 0 Å². The standard InChI is InChI=1S/C12H8Br2NO4STe/c13-10-6-8(20(17,18)19)7-11(14)12(10)15(16)21-9-4-2-1-3-5-9/h1-7H,(H,17,18,19). The van der Waals surface area contributed by atoms with E-state index in [9.17, 15) is 13.6 Å². The first-order valence-corrected chi connectivity index (χ1v) is 10.7. The van der Waals surface area contributed by atoms with Gasteiger partial charge in [0.15, 0.2) is 0 Å². The van der Waals surface area contributed by atoms with Gasteiger partial charge in [-0.2, -0.15) is 0 Å². The molecule has 0 aromatic heterocycles. The third-order valence-electron chi connectivity index (χ3n) is 2.40. The summed E-state index contributed by atoms with van der Waals surface area (Å²) in [5.74, 6) is 0. The van der Waals surface area contributed by atoms with Crippen LogP contribution in [0.5, 0.6) is 0 Å². The normalized spacial score (nSPS) is 11.4. The maximum atomic E-state index is 12.3. The van der Waals surface area contributed by atoms with E-state index in [-0.39, 0.29) is 4.90 Å². The fraction of sp³-hybridized carbons (Fsp3) is 0. The molecule has 0 unspecified atom stereocenters. The van der Waals surface area contributed by atoms with Gasteiger partial charge in [-0.15, -0.1) is 0 Å². The zero-order chi connectivity index (χ0) is 15.6. The number of hydrogen-bond acceptors (Lipinski definition) is 3. The minimum atomic E-state index is -4.32. The number of halogens is 2.